The number of anilines is 1. The summed E-state index contributed by atoms with van der Waals surface area (Å²) in [5.41, 5.74) is 3.55. The Morgan fingerprint density at radius 1 is 1.11 bits per heavy atom. The molecule has 1 rings (SSSR count). The molecule has 8 nitrogen and oxygen atoms in total. The summed E-state index contributed by atoms with van der Waals surface area (Å²) in [7, 11) is 1.15. The first-order valence-corrected chi connectivity index (χ1v) is 8.53. The number of benzene rings is 1. The summed E-state index contributed by atoms with van der Waals surface area (Å²) in [5.74, 6) is 0. The number of nitrogens with zero attached hydrogens (tertiary/aromatic N) is 1. The summed E-state index contributed by atoms with van der Waals surface area (Å²) in [4.78, 5) is 7.90. The first-order chi connectivity index (χ1) is 7.94. The van der Waals surface area contributed by atoms with Gasteiger partial charge in [0.05, 0.1) is 9.82 Å². The molecule has 0 aromatic heterocycles. The van der Waals surface area contributed by atoms with Crippen LogP contribution in [-0.4, -0.2) is 21.8 Å². The number of nitrogens with two attached hydrogens (primary N) is 1. The molecule has 100 valence electrons. The Hall–Kier alpha value is -1.10. The lowest BCUT2D eigenvalue weighted by Gasteiger charge is -2.05. The minimum absolute atomic E-state index is 0.545. The molecule has 1 aromatic rings. The third-order valence-electron chi connectivity index (χ3n) is 1.83. The molecule has 1 aromatic carbocycles. The monoisotopic (exact) mass is 334 g/mol. The second-order valence-corrected chi connectivity index (χ2v) is 8.09. The molecule has 0 radical (unpaired) electrons. The summed E-state index contributed by atoms with van der Waals surface area (Å²) < 4.78 is 44.4. The zero-order valence-corrected chi connectivity index (χ0v) is 11.3. The molecule has 0 unspecified atom stereocenters. The normalized spacial score (nSPS) is 12.3. The van der Waals surface area contributed by atoms with Crippen molar-refractivity contribution in [1.82, 2.24) is 0 Å². The van der Waals surface area contributed by atoms with Gasteiger partial charge >= 0.3 is 0 Å². The molecule has 18 heavy (non-hydrogen) atoms. The SMILES string of the molecule is Nc1c([N+](=O)[O-])cc(S(=O)(=O)Cl)cc1S(=O)(=O)Cl. The average molecular weight is 335 g/mol. The molecule has 0 heterocycles. The van der Waals surface area contributed by atoms with Gasteiger partial charge in [0.2, 0.25) is 0 Å². The van der Waals surface area contributed by atoms with Crippen molar-refractivity contribution in [3.8, 4) is 0 Å². The number of hydrogen-bond acceptors (Lipinski definition) is 7. The van der Waals surface area contributed by atoms with E-state index in [1.165, 1.54) is 0 Å². The Balaban J connectivity index is 3.86. The maximum Gasteiger partial charge on any atom is 0.294 e. The Bertz CT molecular complexity index is 727. The number of nitro benzene ring substituents is 1. The van der Waals surface area contributed by atoms with Crippen LogP contribution in [0.25, 0.3) is 0 Å². The summed E-state index contributed by atoms with van der Waals surface area (Å²) in [6.45, 7) is 0. The van der Waals surface area contributed by atoms with E-state index in [0.29, 0.717) is 12.1 Å². The van der Waals surface area contributed by atoms with Crippen LogP contribution in [0.2, 0.25) is 0 Å². The van der Waals surface area contributed by atoms with Gasteiger partial charge in [0.1, 0.15) is 10.6 Å². The van der Waals surface area contributed by atoms with Crippen LogP contribution in [0.5, 0.6) is 0 Å². The zero-order valence-electron chi connectivity index (χ0n) is 8.20. The Labute approximate surface area is 110 Å². The van der Waals surface area contributed by atoms with E-state index >= 15 is 0 Å². The van der Waals surface area contributed by atoms with Crippen molar-refractivity contribution in [2.45, 2.75) is 9.79 Å². The number of halogens is 2. The smallest absolute Gasteiger partial charge is 0.294 e. The second kappa shape index (κ2) is 4.53. The predicted octanol–water partition coefficient (Wildman–Crippen LogP) is 1.03. The predicted molar refractivity (Wildman–Crippen MR) is 63.6 cm³/mol. The van der Waals surface area contributed by atoms with Crippen molar-refractivity contribution in [1.29, 1.82) is 0 Å². The fraction of sp³-hybridized carbons (Fsp3) is 0. The van der Waals surface area contributed by atoms with Crippen LogP contribution in [0.1, 0.15) is 0 Å². The quantitative estimate of drug-likeness (QED) is 0.377. The summed E-state index contributed by atoms with van der Waals surface area (Å²) >= 11 is 0. The van der Waals surface area contributed by atoms with E-state index in [0.717, 1.165) is 0 Å². The highest BCUT2D eigenvalue weighted by Crippen LogP contribution is 2.34. The van der Waals surface area contributed by atoms with Crippen LogP contribution < -0.4 is 5.73 Å². The highest BCUT2D eigenvalue weighted by molar-refractivity contribution is 8.14. The maximum atomic E-state index is 11.1. The summed E-state index contributed by atoms with van der Waals surface area (Å²) in [6, 6.07) is 1.09. The minimum Gasteiger partial charge on any atom is -0.392 e. The van der Waals surface area contributed by atoms with Gasteiger partial charge in [-0.05, 0) is 6.07 Å². The van der Waals surface area contributed by atoms with Crippen LogP contribution in [0.15, 0.2) is 21.9 Å². The molecule has 0 aliphatic rings. The minimum atomic E-state index is -4.45. The van der Waals surface area contributed by atoms with Crippen molar-refractivity contribution in [2.24, 2.45) is 0 Å². The van der Waals surface area contributed by atoms with Crippen molar-refractivity contribution >= 4 is 50.8 Å². The van der Waals surface area contributed by atoms with E-state index in [2.05, 4.69) is 0 Å². The molecular formula is C6H4Cl2N2O6S2. The maximum absolute atomic E-state index is 11.1. The molecule has 0 amide bonds. The highest BCUT2D eigenvalue weighted by atomic mass is 35.7. The Morgan fingerprint density at radius 2 is 1.61 bits per heavy atom. The van der Waals surface area contributed by atoms with Gasteiger partial charge in [0.15, 0.2) is 0 Å². The lowest BCUT2D eigenvalue weighted by atomic mass is 10.3. The first-order valence-electron chi connectivity index (χ1n) is 3.92. The lowest BCUT2D eigenvalue weighted by Crippen LogP contribution is -2.05. The molecule has 0 spiro atoms. The molecule has 12 heteroatoms. The van der Waals surface area contributed by atoms with E-state index in [1.807, 2.05) is 0 Å². The lowest BCUT2D eigenvalue weighted by molar-refractivity contribution is -0.384. The molecule has 0 fully saturated rings. The van der Waals surface area contributed by atoms with Gasteiger partial charge in [-0.1, -0.05) is 0 Å². The molecular weight excluding hydrogens is 331 g/mol. The number of nitrogen functional groups attached to an aromatic ring is 1. The van der Waals surface area contributed by atoms with Crippen LogP contribution in [-0.2, 0) is 18.1 Å². The van der Waals surface area contributed by atoms with Gasteiger partial charge < -0.3 is 5.73 Å². The summed E-state index contributed by atoms with van der Waals surface area (Å²) in [5, 5.41) is 10.6. The van der Waals surface area contributed by atoms with E-state index in [1.54, 1.807) is 0 Å². The number of hydrogen-bond donors (Lipinski definition) is 1. The van der Waals surface area contributed by atoms with Crippen molar-refractivity contribution in [3.63, 3.8) is 0 Å². The molecule has 0 bridgehead atoms. The van der Waals surface area contributed by atoms with Crippen LogP contribution in [0.3, 0.4) is 0 Å². The summed E-state index contributed by atoms with van der Waals surface area (Å²) in [6.07, 6.45) is 0. The van der Waals surface area contributed by atoms with Crippen LogP contribution in [0, 0.1) is 10.1 Å². The third-order valence-corrected chi connectivity index (χ3v) is 4.53. The fourth-order valence-corrected chi connectivity index (χ4v) is 2.95. The topological polar surface area (TPSA) is 137 Å². The van der Waals surface area contributed by atoms with Gasteiger partial charge in [0, 0.05) is 27.4 Å². The van der Waals surface area contributed by atoms with Gasteiger partial charge in [0.25, 0.3) is 23.8 Å². The number of nitro groups is 1. The molecule has 0 aliphatic heterocycles. The van der Waals surface area contributed by atoms with E-state index in [4.69, 9.17) is 27.1 Å². The Morgan fingerprint density at radius 3 is 1.94 bits per heavy atom. The van der Waals surface area contributed by atoms with Gasteiger partial charge in [-0.2, -0.15) is 0 Å². The first kappa shape index (κ1) is 15.0. The zero-order chi connectivity index (χ0) is 14.3. The van der Waals surface area contributed by atoms with Crippen LogP contribution in [0.4, 0.5) is 11.4 Å². The Kier molecular flexibility index (Phi) is 3.77. The van der Waals surface area contributed by atoms with E-state index in [-0.39, 0.29) is 0 Å². The second-order valence-electron chi connectivity index (χ2n) is 2.99. The molecule has 0 saturated heterocycles. The van der Waals surface area contributed by atoms with E-state index in [9.17, 15) is 26.9 Å². The molecule has 0 aliphatic carbocycles. The van der Waals surface area contributed by atoms with Crippen LogP contribution >= 0.6 is 21.4 Å². The average Bonchev–Trinajstić information content (AvgIpc) is 2.13. The highest BCUT2D eigenvalue weighted by Gasteiger charge is 2.27. The third kappa shape index (κ3) is 3.02. The van der Waals surface area contributed by atoms with Crippen molar-refractivity contribution < 1.29 is 21.8 Å². The van der Waals surface area contributed by atoms with Gasteiger partial charge in [-0.15, -0.1) is 0 Å². The molecule has 2 N–H and O–H groups in total. The molecule has 0 saturated carbocycles. The standard InChI is InChI=1S/C6H4Cl2N2O6S2/c7-17(13,14)3-1-4(10(11)12)6(9)5(2-3)18(8,15)16/h1-2H,9H2. The molecule has 0 atom stereocenters. The number of rotatable bonds is 3. The fourth-order valence-electron chi connectivity index (χ4n) is 1.08. The van der Waals surface area contributed by atoms with E-state index < -0.39 is 44.2 Å². The largest absolute Gasteiger partial charge is 0.392 e. The van der Waals surface area contributed by atoms with Gasteiger partial charge in [-0.25, -0.2) is 16.8 Å². The van der Waals surface area contributed by atoms with Gasteiger partial charge in [-0.3, -0.25) is 10.1 Å². The van der Waals surface area contributed by atoms with Crippen molar-refractivity contribution in [2.75, 3.05) is 5.73 Å². The van der Waals surface area contributed by atoms with Crippen molar-refractivity contribution in [3.05, 3.63) is 22.2 Å².